The normalized spacial score (nSPS) is 14.0. The molecule has 1 heterocycles. The monoisotopic (exact) mass is 325 g/mol. The van der Waals surface area contributed by atoms with E-state index in [2.05, 4.69) is 100 Å². The molecule has 124 valence electrons. The number of hydrogen-bond acceptors (Lipinski definition) is 0. The first kappa shape index (κ1) is 15.7. The summed E-state index contributed by atoms with van der Waals surface area (Å²) < 4.78 is 1.98. The predicted molar refractivity (Wildman–Crippen MR) is 107 cm³/mol. The van der Waals surface area contributed by atoms with E-state index in [1.54, 1.807) is 0 Å². The Bertz CT molecular complexity index is 1000. The summed E-state index contributed by atoms with van der Waals surface area (Å²) in [5.74, 6) is 0. The third-order valence-corrected chi connectivity index (χ3v) is 4.94. The van der Waals surface area contributed by atoms with E-state index in [0.717, 1.165) is 6.04 Å². The third-order valence-electron chi connectivity index (χ3n) is 4.94. The van der Waals surface area contributed by atoms with Crippen molar-refractivity contribution in [1.29, 1.82) is 0 Å². The maximum Gasteiger partial charge on any atom is 0.159 e. The second-order valence-electron chi connectivity index (χ2n) is 7.71. The van der Waals surface area contributed by atoms with Crippen LogP contribution in [0.25, 0.3) is 16.8 Å². The van der Waals surface area contributed by atoms with E-state index in [0.29, 0.717) is 0 Å². The van der Waals surface area contributed by atoms with Crippen LogP contribution in [-0.4, -0.2) is 11.3 Å². The van der Waals surface area contributed by atoms with E-state index in [4.69, 9.17) is 0 Å². The molecular formula is C24H23N. The Hall–Kier alpha value is -2.80. The quantitative estimate of drug-likeness (QED) is 0.395. The van der Waals surface area contributed by atoms with Crippen molar-refractivity contribution >= 4 is 23.6 Å². The van der Waals surface area contributed by atoms with E-state index >= 15 is 0 Å². The van der Waals surface area contributed by atoms with Crippen molar-refractivity contribution < 1.29 is 4.58 Å². The van der Waals surface area contributed by atoms with E-state index in [1.807, 2.05) is 4.58 Å². The molecular weight excluding hydrogens is 302 g/mol. The van der Waals surface area contributed by atoms with Crippen molar-refractivity contribution in [3.8, 4) is 0 Å². The van der Waals surface area contributed by atoms with Gasteiger partial charge in [-0.2, -0.15) is 0 Å². The molecule has 3 aromatic carbocycles. The molecule has 0 bridgehead atoms. The fourth-order valence-corrected chi connectivity index (χ4v) is 3.53. The Kier molecular flexibility index (Phi) is 3.54. The molecule has 0 aliphatic carbocycles. The standard InChI is InChI=1S/C24H23N/c1-24(2,3)19-10-7-9-18(16-19)23-22-13-12-17-8-5-6-11-20(17)21(22)14-15-25(23)4/h5-16H,4H2,1-3H3. The van der Waals surface area contributed by atoms with Crippen molar-refractivity contribution in [3.63, 3.8) is 0 Å². The van der Waals surface area contributed by atoms with Crippen LogP contribution in [0, 0.1) is 6.04 Å². The van der Waals surface area contributed by atoms with Crippen LogP contribution in [-0.2, 0) is 5.41 Å². The largest absolute Gasteiger partial charge is 0.243 e. The minimum atomic E-state index is 0.124. The van der Waals surface area contributed by atoms with Gasteiger partial charge in [0.05, 0.1) is 6.72 Å². The zero-order valence-corrected chi connectivity index (χ0v) is 15.1. The van der Waals surface area contributed by atoms with E-state index in [9.17, 15) is 0 Å². The molecule has 0 atom stereocenters. The zero-order valence-electron chi connectivity index (χ0n) is 15.1. The van der Waals surface area contributed by atoms with Gasteiger partial charge in [-0.05, 0) is 39.0 Å². The Balaban J connectivity index is 1.92. The van der Waals surface area contributed by atoms with Crippen LogP contribution < -0.4 is 0 Å². The lowest BCUT2D eigenvalue weighted by Gasteiger charge is -2.27. The second-order valence-corrected chi connectivity index (χ2v) is 7.71. The van der Waals surface area contributed by atoms with Crippen molar-refractivity contribution in [1.82, 2.24) is 0 Å². The molecule has 0 spiro atoms. The van der Waals surface area contributed by atoms with Gasteiger partial charge < -0.3 is 0 Å². The zero-order chi connectivity index (χ0) is 17.6. The van der Waals surface area contributed by atoms with Crippen LogP contribution in [0.15, 0.2) is 66.9 Å². The summed E-state index contributed by atoms with van der Waals surface area (Å²) in [5.41, 5.74) is 5.18. The van der Waals surface area contributed by atoms with Crippen molar-refractivity contribution in [2.45, 2.75) is 26.2 Å². The topological polar surface area (TPSA) is 3.01 Å². The summed E-state index contributed by atoms with van der Waals surface area (Å²) in [4.78, 5) is 0. The average Bonchev–Trinajstić information content (AvgIpc) is 2.60. The van der Waals surface area contributed by atoms with Gasteiger partial charge in [-0.15, -0.1) is 0 Å². The van der Waals surface area contributed by atoms with Crippen LogP contribution in [0.4, 0.5) is 0 Å². The molecule has 1 nitrogen and oxygen atoms in total. The van der Waals surface area contributed by atoms with Crippen molar-refractivity contribution in [2.24, 2.45) is 0 Å². The van der Waals surface area contributed by atoms with Gasteiger partial charge in [0, 0.05) is 0 Å². The van der Waals surface area contributed by atoms with E-state index in [1.165, 1.54) is 33.0 Å². The molecule has 0 fully saturated rings. The molecule has 4 rings (SSSR count). The molecule has 1 heteroatoms. The Labute approximate surface area is 149 Å². The lowest BCUT2D eigenvalue weighted by atomic mass is 9.83. The summed E-state index contributed by atoms with van der Waals surface area (Å²) in [6, 6.07) is 23.0. The van der Waals surface area contributed by atoms with Crippen LogP contribution in [0.1, 0.15) is 43.0 Å². The first-order valence-electron chi connectivity index (χ1n) is 8.73. The first-order chi connectivity index (χ1) is 11.9. The van der Waals surface area contributed by atoms with Crippen molar-refractivity contribution in [2.75, 3.05) is 0 Å². The molecule has 0 unspecified atom stereocenters. The lowest BCUT2D eigenvalue weighted by Crippen LogP contribution is -2.20. The Morgan fingerprint density at radius 2 is 1.72 bits per heavy atom. The van der Waals surface area contributed by atoms with Crippen molar-refractivity contribution in [3.05, 3.63) is 95.2 Å². The van der Waals surface area contributed by atoms with Gasteiger partial charge >= 0.3 is 0 Å². The number of rotatable bonds is 1. The van der Waals surface area contributed by atoms with Crippen LogP contribution >= 0.6 is 0 Å². The highest BCUT2D eigenvalue weighted by Crippen LogP contribution is 2.37. The van der Waals surface area contributed by atoms with Gasteiger partial charge in [0.15, 0.2) is 6.04 Å². The van der Waals surface area contributed by atoms with Crippen LogP contribution in [0.3, 0.4) is 0 Å². The molecule has 1 aliphatic rings. The number of hydrogen-bond donors (Lipinski definition) is 0. The van der Waals surface area contributed by atoms with Gasteiger partial charge in [-0.3, -0.25) is 0 Å². The Morgan fingerprint density at radius 1 is 0.920 bits per heavy atom. The Morgan fingerprint density at radius 3 is 2.52 bits per heavy atom. The van der Waals surface area contributed by atoms with E-state index < -0.39 is 0 Å². The summed E-state index contributed by atoms with van der Waals surface area (Å²) in [5, 5.41) is 2.56. The van der Waals surface area contributed by atoms with Crippen LogP contribution in [0.2, 0.25) is 0 Å². The highest BCUT2D eigenvalue weighted by atomic mass is 15.0. The van der Waals surface area contributed by atoms with Gasteiger partial charge in [-0.1, -0.05) is 87.0 Å². The van der Waals surface area contributed by atoms with Crippen LogP contribution in [0.5, 0.6) is 0 Å². The molecule has 0 amide bonds. The smallest absolute Gasteiger partial charge is 0.159 e. The van der Waals surface area contributed by atoms with Gasteiger partial charge in [0.2, 0.25) is 0 Å². The number of benzene rings is 3. The average molecular weight is 325 g/mol. The molecule has 25 heavy (non-hydrogen) atoms. The molecule has 0 radical (unpaired) electrons. The third kappa shape index (κ3) is 2.66. The number of nitrogens with zero attached hydrogens (tertiary/aromatic N) is 1. The van der Waals surface area contributed by atoms with E-state index in [-0.39, 0.29) is 5.41 Å². The highest BCUT2D eigenvalue weighted by Gasteiger charge is 2.25. The first-order valence-corrected chi connectivity index (χ1v) is 8.73. The molecule has 0 aromatic heterocycles. The van der Waals surface area contributed by atoms with Gasteiger partial charge in [0.25, 0.3) is 0 Å². The lowest BCUT2D eigenvalue weighted by molar-refractivity contribution is -0.418. The van der Waals surface area contributed by atoms with Gasteiger partial charge in [0.1, 0.15) is 6.20 Å². The molecule has 1 aliphatic heterocycles. The molecule has 0 saturated carbocycles. The fourth-order valence-electron chi connectivity index (χ4n) is 3.53. The summed E-state index contributed by atoms with van der Waals surface area (Å²) in [6.45, 7) is 11.0. The summed E-state index contributed by atoms with van der Waals surface area (Å²) >= 11 is 0. The SMILES string of the molecule is C=[N+]1C=Cc2c(ccc3ccccc23)[C-]1c1cccc(C(C)(C)C)c1. The second kappa shape index (κ2) is 5.63. The molecule has 0 saturated heterocycles. The fraction of sp³-hybridized carbons (Fsp3) is 0.167. The minimum absolute atomic E-state index is 0.124. The maximum atomic E-state index is 4.24. The molecule has 3 aromatic rings. The highest BCUT2D eigenvalue weighted by molar-refractivity contribution is 5.93. The van der Waals surface area contributed by atoms with Gasteiger partial charge in [-0.25, -0.2) is 4.58 Å². The minimum Gasteiger partial charge on any atom is -0.243 e. The maximum absolute atomic E-state index is 4.24. The molecule has 0 N–H and O–H groups in total. The number of fused-ring (bicyclic) bond motifs is 3. The predicted octanol–water partition coefficient (Wildman–Crippen LogP) is 5.76. The summed E-state index contributed by atoms with van der Waals surface area (Å²) in [6.07, 6.45) is 4.23. The summed E-state index contributed by atoms with van der Waals surface area (Å²) in [7, 11) is 0.